The van der Waals surface area contributed by atoms with Crippen molar-refractivity contribution in [3.8, 4) is 5.75 Å². The van der Waals surface area contributed by atoms with Gasteiger partial charge in [-0.05, 0) is 6.07 Å². The first-order valence-electron chi connectivity index (χ1n) is 4.99. The Morgan fingerprint density at radius 2 is 2.00 bits per heavy atom. The molecule has 0 radical (unpaired) electrons. The van der Waals surface area contributed by atoms with Crippen LogP contribution >= 0.6 is 0 Å². The molecule has 88 valence electrons. The van der Waals surface area contributed by atoms with Gasteiger partial charge in [-0.3, -0.25) is 14.2 Å². The number of hydrogen-bond acceptors (Lipinski definition) is 3. The maximum atomic E-state index is 13.7. The minimum atomic E-state index is -0.537. The number of esters is 1. The highest BCUT2D eigenvalue weighted by atomic mass is 19.1. The van der Waals surface area contributed by atoms with E-state index in [-0.39, 0.29) is 11.7 Å². The van der Waals surface area contributed by atoms with Crippen molar-refractivity contribution in [3.05, 3.63) is 30.2 Å². The molecule has 0 N–H and O–H groups in total. The van der Waals surface area contributed by atoms with Gasteiger partial charge in [0.05, 0.1) is 5.52 Å². The SMILES string of the molecule is CC(=O)Oc1cc(F)c2ccn(C(C)=O)c2c1. The van der Waals surface area contributed by atoms with Crippen molar-refractivity contribution in [2.45, 2.75) is 13.8 Å². The fourth-order valence-corrected chi connectivity index (χ4v) is 1.67. The summed E-state index contributed by atoms with van der Waals surface area (Å²) in [7, 11) is 0. The highest BCUT2D eigenvalue weighted by molar-refractivity contribution is 5.92. The summed E-state index contributed by atoms with van der Waals surface area (Å²) in [6, 6.07) is 4.08. The molecule has 2 rings (SSSR count). The van der Waals surface area contributed by atoms with Crippen LogP contribution in [0.5, 0.6) is 5.75 Å². The van der Waals surface area contributed by atoms with E-state index in [9.17, 15) is 14.0 Å². The van der Waals surface area contributed by atoms with Crippen molar-refractivity contribution in [1.29, 1.82) is 0 Å². The third-order valence-electron chi connectivity index (χ3n) is 2.33. The molecule has 0 amide bonds. The Balaban J connectivity index is 2.64. The van der Waals surface area contributed by atoms with Crippen LogP contribution in [0.25, 0.3) is 10.9 Å². The highest BCUT2D eigenvalue weighted by Crippen LogP contribution is 2.25. The third kappa shape index (κ3) is 2.04. The summed E-state index contributed by atoms with van der Waals surface area (Å²) in [6.45, 7) is 2.60. The second kappa shape index (κ2) is 4.01. The number of carbonyl (C=O) groups excluding carboxylic acids is 2. The van der Waals surface area contributed by atoms with Gasteiger partial charge < -0.3 is 4.74 Å². The van der Waals surface area contributed by atoms with E-state index in [4.69, 9.17) is 4.74 Å². The Bertz CT molecular complexity index is 615. The Morgan fingerprint density at radius 3 is 2.59 bits per heavy atom. The van der Waals surface area contributed by atoms with E-state index in [0.717, 1.165) is 6.07 Å². The zero-order chi connectivity index (χ0) is 12.6. The number of benzene rings is 1. The second-order valence-corrected chi connectivity index (χ2v) is 3.64. The topological polar surface area (TPSA) is 48.3 Å². The average molecular weight is 235 g/mol. The normalized spacial score (nSPS) is 10.5. The standard InChI is InChI=1S/C12H10FNO3/c1-7(15)14-4-3-10-11(13)5-9(6-12(10)14)17-8(2)16/h3-6H,1-2H3. The monoisotopic (exact) mass is 235 g/mol. The van der Waals surface area contributed by atoms with Crippen LogP contribution in [0.3, 0.4) is 0 Å². The summed E-state index contributed by atoms with van der Waals surface area (Å²) < 4.78 is 19.8. The summed E-state index contributed by atoms with van der Waals surface area (Å²) >= 11 is 0. The minimum Gasteiger partial charge on any atom is -0.427 e. The van der Waals surface area contributed by atoms with Gasteiger partial charge in [0.1, 0.15) is 11.6 Å². The van der Waals surface area contributed by atoms with Crippen molar-refractivity contribution >= 4 is 22.8 Å². The molecule has 0 unspecified atom stereocenters. The molecular formula is C12H10FNO3. The predicted molar refractivity (Wildman–Crippen MR) is 59.5 cm³/mol. The predicted octanol–water partition coefficient (Wildman–Crippen LogP) is 2.37. The summed E-state index contributed by atoms with van der Waals surface area (Å²) in [4.78, 5) is 22.1. The molecular weight excluding hydrogens is 225 g/mol. The van der Waals surface area contributed by atoms with Gasteiger partial charge in [-0.1, -0.05) is 0 Å². The van der Waals surface area contributed by atoms with Crippen molar-refractivity contribution in [2.24, 2.45) is 0 Å². The number of rotatable bonds is 1. The van der Waals surface area contributed by atoms with Crippen LogP contribution in [0.1, 0.15) is 18.6 Å². The van der Waals surface area contributed by atoms with E-state index < -0.39 is 11.8 Å². The third-order valence-corrected chi connectivity index (χ3v) is 2.33. The van der Waals surface area contributed by atoms with Crippen LogP contribution in [0.4, 0.5) is 4.39 Å². The van der Waals surface area contributed by atoms with Crippen LogP contribution in [0.15, 0.2) is 24.4 Å². The summed E-state index contributed by atoms with van der Waals surface area (Å²) in [5, 5.41) is 0.316. The molecule has 0 aliphatic rings. The van der Waals surface area contributed by atoms with Gasteiger partial charge in [-0.25, -0.2) is 4.39 Å². The van der Waals surface area contributed by atoms with Gasteiger partial charge in [0.2, 0.25) is 5.91 Å². The molecule has 0 atom stereocenters. The smallest absolute Gasteiger partial charge is 0.308 e. The van der Waals surface area contributed by atoms with Gasteiger partial charge in [-0.15, -0.1) is 0 Å². The van der Waals surface area contributed by atoms with Crippen LogP contribution in [-0.4, -0.2) is 16.4 Å². The Kier molecular flexibility index (Phi) is 2.67. The maximum absolute atomic E-state index is 13.7. The fraction of sp³-hybridized carbons (Fsp3) is 0.167. The summed E-state index contributed by atoms with van der Waals surface area (Å²) in [5.41, 5.74) is 0.383. The van der Waals surface area contributed by atoms with Crippen LogP contribution in [0, 0.1) is 5.82 Å². The van der Waals surface area contributed by atoms with Gasteiger partial charge >= 0.3 is 5.97 Å². The lowest BCUT2D eigenvalue weighted by Crippen LogP contribution is -2.05. The lowest BCUT2D eigenvalue weighted by molar-refractivity contribution is -0.131. The first-order chi connectivity index (χ1) is 7.99. The molecule has 1 aromatic carbocycles. The van der Waals surface area contributed by atoms with Gasteiger partial charge in [0.25, 0.3) is 0 Å². The molecule has 4 nitrogen and oxygen atoms in total. The van der Waals surface area contributed by atoms with Gasteiger partial charge in [0.15, 0.2) is 0 Å². The van der Waals surface area contributed by atoms with Crippen LogP contribution in [0.2, 0.25) is 0 Å². The average Bonchev–Trinajstić information content (AvgIpc) is 2.60. The number of ether oxygens (including phenoxy) is 1. The van der Waals surface area contributed by atoms with Crippen molar-refractivity contribution in [3.63, 3.8) is 0 Å². The first-order valence-corrected chi connectivity index (χ1v) is 4.99. The number of hydrogen-bond donors (Lipinski definition) is 0. The molecule has 0 aliphatic heterocycles. The summed E-state index contributed by atoms with van der Waals surface area (Å²) in [5.74, 6) is -1.22. The molecule has 0 saturated heterocycles. The van der Waals surface area contributed by atoms with Gasteiger partial charge in [0, 0.05) is 37.6 Å². The molecule has 0 saturated carbocycles. The number of aromatic nitrogens is 1. The van der Waals surface area contributed by atoms with E-state index in [2.05, 4.69) is 0 Å². The van der Waals surface area contributed by atoms with E-state index in [1.54, 1.807) is 0 Å². The molecule has 0 fully saturated rings. The molecule has 5 heteroatoms. The largest absolute Gasteiger partial charge is 0.427 e. The maximum Gasteiger partial charge on any atom is 0.308 e. The molecule has 0 bridgehead atoms. The number of nitrogens with zero attached hydrogens (tertiary/aromatic N) is 1. The lowest BCUT2D eigenvalue weighted by atomic mass is 10.2. The Labute approximate surface area is 96.6 Å². The molecule has 1 aromatic heterocycles. The van der Waals surface area contributed by atoms with E-state index in [0.29, 0.717) is 10.9 Å². The van der Waals surface area contributed by atoms with Gasteiger partial charge in [-0.2, -0.15) is 0 Å². The Morgan fingerprint density at radius 1 is 1.29 bits per heavy atom. The van der Waals surface area contributed by atoms with E-state index >= 15 is 0 Å². The molecule has 17 heavy (non-hydrogen) atoms. The number of halogens is 1. The number of fused-ring (bicyclic) bond motifs is 1. The van der Waals surface area contributed by atoms with Crippen molar-refractivity contribution in [1.82, 2.24) is 4.57 Å². The van der Waals surface area contributed by atoms with Crippen LogP contribution in [-0.2, 0) is 4.79 Å². The van der Waals surface area contributed by atoms with Crippen molar-refractivity contribution < 1.29 is 18.7 Å². The Hall–Kier alpha value is -2.17. The number of carbonyl (C=O) groups is 2. The molecule has 0 spiro atoms. The fourth-order valence-electron chi connectivity index (χ4n) is 1.67. The van der Waals surface area contributed by atoms with Crippen LogP contribution < -0.4 is 4.74 Å². The highest BCUT2D eigenvalue weighted by Gasteiger charge is 2.11. The molecule has 2 aromatic rings. The van der Waals surface area contributed by atoms with E-state index in [1.165, 1.54) is 36.7 Å². The van der Waals surface area contributed by atoms with E-state index in [1.807, 2.05) is 0 Å². The molecule has 0 aliphatic carbocycles. The first kappa shape index (κ1) is 11.3. The lowest BCUT2D eigenvalue weighted by Gasteiger charge is -2.04. The quantitative estimate of drug-likeness (QED) is 0.563. The minimum absolute atomic E-state index is 0.0868. The second-order valence-electron chi connectivity index (χ2n) is 3.64. The summed E-state index contributed by atoms with van der Waals surface area (Å²) in [6.07, 6.45) is 1.48. The zero-order valence-electron chi connectivity index (χ0n) is 9.36. The molecule has 1 heterocycles. The zero-order valence-corrected chi connectivity index (χ0v) is 9.36. The van der Waals surface area contributed by atoms with Crippen molar-refractivity contribution in [2.75, 3.05) is 0 Å².